The molecule has 0 saturated heterocycles. The molecule has 8 heavy (non-hydrogen) atoms. The van der Waals surface area contributed by atoms with E-state index in [1.807, 2.05) is 12.3 Å². The topological polar surface area (TPSA) is 64.1 Å². The maximum atomic E-state index is 5.54. The van der Waals surface area contributed by atoms with E-state index in [4.69, 9.17) is 11.5 Å². The Kier molecular flexibility index (Phi) is 1.50. The predicted molar refractivity (Wildman–Crippen MR) is 32.8 cm³/mol. The van der Waals surface area contributed by atoms with Crippen molar-refractivity contribution < 1.29 is 0 Å². The summed E-state index contributed by atoms with van der Waals surface area (Å²) in [6, 6.07) is 0.0833. The molecule has 0 bridgehead atoms. The first-order valence-electron chi connectivity index (χ1n) is 2.73. The van der Waals surface area contributed by atoms with Gasteiger partial charge >= 0.3 is 0 Å². The zero-order valence-corrected chi connectivity index (χ0v) is 4.67. The van der Waals surface area contributed by atoms with E-state index in [0.29, 0.717) is 0 Å². The van der Waals surface area contributed by atoms with Crippen molar-refractivity contribution in [2.45, 2.75) is 18.6 Å². The molecule has 0 radical (unpaired) electrons. The minimum Gasteiger partial charge on any atom is -0.375 e. The quantitative estimate of drug-likeness (QED) is 0.381. The lowest BCUT2D eigenvalue weighted by molar-refractivity contribution is 0.470. The standard InChI is InChI=1S/C5H11N3/c6-4-2-1-3-8-5(4)7/h1,3-5,8H,2,6-7H2. The first kappa shape index (κ1) is 5.59. The molecule has 0 spiro atoms. The Hall–Kier alpha value is -0.540. The van der Waals surface area contributed by atoms with Crippen LogP contribution in [0, 0.1) is 0 Å². The minimum atomic E-state index is -0.0556. The third-order valence-corrected chi connectivity index (χ3v) is 1.28. The van der Waals surface area contributed by atoms with Gasteiger partial charge in [0.05, 0.1) is 6.17 Å². The SMILES string of the molecule is NC1CC=CNC1N. The van der Waals surface area contributed by atoms with Crippen molar-refractivity contribution in [1.29, 1.82) is 0 Å². The molecule has 2 atom stereocenters. The number of hydrogen-bond acceptors (Lipinski definition) is 3. The van der Waals surface area contributed by atoms with Crippen LogP contribution in [0.4, 0.5) is 0 Å². The Labute approximate surface area is 48.7 Å². The van der Waals surface area contributed by atoms with Crippen LogP contribution in [0.15, 0.2) is 12.3 Å². The zero-order chi connectivity index (χ0) is 5.98. The molecule has 0 aromatic carbocycles. The van der Waals surface area contributed by atoms with Crippen LogP contribution in [0.5, 0.6) is 0 Å². The molecule has 0 aliphatic carbocycles. The van der Waals surface area contributed by atoms with Gasteiger partial charge in [-0.3, -0.25) is 0 Å². The molecule has 0 amide bonds. The lowest BCUT2D eigenvalue weighted by Gasteiger charge is -2.22. The van der Waals surface area contributed by atoms with E-state index in [0.717, 1.165) is 6.42 Å². The molecule has 0 aromatic heterocycles. The summed E-state index contributed by atoms with van der Waals surface area (Å²) >= 11 is 0. The molecule has 0 aromatic rings. The lowest BCUT2D eigenvalue weighted by atomic mass is 10.1. The van der Waals surface area contributed by atoms with E-state index in [2.05, 4.69) is 5.32 Å². The Morgan fingerprint density at radius 1 is 1.50 bits per heavy atom. The average Bonchev–Trinajstić information content (AvgIpc) is 1.77. The van der Waals surface area contributed by atoms with Gasteiger partial charge in [0, 0.05) is 6.04 Å². The predicted octanol–water partition coefficient (Wildman–Crippen LogP) is -0.894. The summed E-state index contributed by atoms with van der Waals surface area (Å²) in [6.07, 6.45) is 4.65. The summed E-state index contributed by atoms with van der Waals surface area (Å²) in [5.41, 5.74) is 11.0. The summed E-state index contributed by atoms with van der Waals surface area (Å²) in [5, 5.41) is 2.90. The van der Waals surface area contributed by atoms with Crippen LogP contribution in [-0.2, 0) is 0 Å². The highest BCUT2D eigenvalue weighted by Crippen LogP contribution is 1.96. The molecular formula is C5H11N3. The molecule has 1 aliphatic rings. The van der Waals surface area contributed by atoms with Gasteiger partial charge in [-0.2, -0.15) is 0 Å². The molecule has 1 rings (SSSR count). The van der Waals surface area contributed by atoms with E-state index >= 15 is 0 Å². The van der Waals surface area contributed by atoms with Crippen LogP contribution in [0.1, 0.15) is 6.42 Å². The third-order valence-electron chi connectivity index (χ3n) is 1.28. The largest absolute Gasteiger partial charge is 0.375 e. The van der Waals surface area contributed by atoms with Gasteiger partial charge in [0.25, 0.3) is 0 Å². The van der Waals surface area contributed by atoms with E-state index in [9.17, 15) is 0 Å². The van der Waals surface area contributed by atoms with Gasteiger partial charge in [-0.05, 0) is 12.6 Å². The highest BCUT2D eigenvalue weighted by Gasteiger charge is 2.11. The fraction of sp³-hybridized carbons (Fsp3) is 0.600. The number of hydrogen-bond donors (Lipinski definition) is 3. The van der Waals surface area contributed by atoms with Gasteiger partial charge < -0.3 is 16.8 Å². The molecule has 5 N–H and O–H groups in total. The minimum absolute atomic E-state index is 0.0556. The van der Waals surface area contributed by atoms with Crippen molar-refractivity contribution in [2.24, 2.45) is 11.5 Å². The van der Waals surface area contributed by atoms with Crippen LogP contribution in [0.25, 0.3) is 0 Å². The van der Waals surface area contributed by atoms with E-state index < -0.39 is 0 Å². The summed E-state index contributed by atoms with van der Waals surface area (Å²) in [5.74, 6) is 0. The Balaban J connectivity index is 2.44. The first-order chi connectivity index (χ1) is 3.80. The molecule has 0 fully saturated rings. The fourth-order valence-electron chi connectivity index (χ4n) is 0.675. The second-order valence-corrected chi connectivity index (χ2v) is 1.99. The van der Waals surface area contributed by atoms with Gasteiger partial charge in [0.15, 0.2) is 0 Å². The van der Waals surface area contributed by atoms with Crippen molar-refractivity contribution in [1.82, 2.24) is 5.32 Å². The maximum Gasteiger partial charge on any atom is 0.0896 e. The van der Waals surface area contributed by atoms with Crippen molar-refractivity contribution in [3.05, 3.63) is 12.3 Å². The van der Waals surface area contributed by atoms with Crippen molar-refractivity contribution >= 4 is 0 Å². The van der Waals surface area contributed by atoms with E-state index in [1.54, 1.807) is 0 Å². The Morgan fingerprint density at radius 2 is 2.25 bits per heavy atom. The van der Waals surface area contributed by atoms with E-state index in [-0.39, 0.29) is 12.2 Å². The zero-order valence-electron chi connectivity index (χ0n) is 4.67. The number of nitrogens with one attached hydrogen (secondary N) is 1. The Morgan fingerprint density at radius 3 is 2.62 bits per heavy atom. The maximum absolute atomic E-state index is 5.54. The second kappa shape index (κ2) is 2.15. The normalized spacial score (nSPS) is 36.8. The monoisotopic (exact) mass is 113 g/mol. The smallest absolute Gasteiger partial charge is 0.0896 e. The highest BCUT2D eigenvalue weighted by atomic mass is 15.1. The van der Waals surface area contributed by atoms with Gasteiger partial charge in [-0.15, -0.1) is 0 Å². The number of nitrogens with two attached hydrogens (primary N) is 2. The molecule has 3 nitrogen and oxygen atoms in total. The van der Waals surface area contributed by atoms with Crippen LogP contribution >= 0.6 is 0 Å². The molecule has 2 unspecified atom stereocenters. The Bertz CT molecular complexity index is 87.8. The van der Waals surface area contributed by atoms with Gasteiger partial charge in [-0.1, -0.05) is 6.08 Å². The van der Waals surface area contributed by atoms with Gasteiger partial charge in [-0.25, -0.2) is 0 Å². The molecule has 3 heteroatoms. The van der Waals surface area contributed by atoms with Gasteiger partial charge in [0.2, 0.25) is 0 Å². The summed E-state index contributed by atoms with van der Waals surface area (Å²) < 4.78 is 0. The first-order valence-corrected chi connectivity index (χ1v) is 2.73. The van der Waals surface area contributed by atoms with E-state index in [1.165, 1.54) is 0 Å². The summed E-state index contributed by atoms with van der Waals surface area (Å²) in [7, 11) is 0. The van der Waals surface area contributed by atoms with Crippen molar-refractivity contribution in [2.75, 3.05) is 0 Å². The molecule has 1 aliphatic heterocycles. The van der Waals surface area contributed by atoms with Crippen LogP contribution < -0.4 is 16.8 Å². The lowest BCUT2D eigenvalue weighted by Crippen LogP contribution is -2.50. The van der Waals surface area contributed by atoms with Gasteiger partial charge in [0.1, 0.15) is 0 Å². The number of rotatable bonds is 0. The van der Waals surface area contributed by atoms with Crippen molar-refractivity contribution in [3.8, 4) is 0 Å². The average molecular weight is 113 g/mol. The molecule has 46 valence electrons. The highest BCUT2D eigenvalue weighted by molar-refractivity contribution is 4.94. The van der Waals surface area contributed by atoms with Crippen LogP contribution in [0.2, 0.25) is 0 Å². The van der Waals surface area contributed by atoms with Crippen molar-refractivity contribution in [3.63, 3.8) is 0 Å². The molecule has 0 saturated carbocycles. The second-order valence-electron chi connectivity index (χ2n) is 1.99. The van der Waals surface area contributed by atoms with Crippen LogP contribution in [-0.4, -0.2) is 12.2 Å². The fourth-order valence-corrected chi connectivity index (χ4v) is 0.675. The summed E-state index contributed by atoms with van der Waals surface area (Å²) in [6.45, 7) is 0. The van der Waals surface area contributed by atoms with Crippen LogP contribution in [0.3, 0.4) is 0 Å². The molecular weight excluding hydrogens is 102 g/mol. The summed E-state index contributed by atoms with van der Waals surface area (Å²) in [4.78, 5) is 0. The third kappa shape index (κ3) is 0.993. The molecule has 1 heterocycles.